The highest BCUT2D eigenvalue weighted by molar-refractivity contribution is 7.10. The monoisotopic (exact) mass is 1690 g/mol. The largest absolute Gasteiger partial charge is 0.489 e. The maximum atomic E-state index is 13.3. The van der Waals surface area contributed by atoms with Crippen LogP contribution >= 0.6 is 56.9 Å². The van der Waals surface area contributed by atoms with Crippen LogP contribution in [0.25, 0.3) is 0 Å². The summed E-state index contributed by atoms with van der Waals surface area (Å²) >= 11 is 11.6. The highest BCUT2D eigenvalue weighted by Crippen LogP contribution is 2.33. The van der Waals surface area contributed by atoms with E-state index in [1.54, 1.807) is 70.1 Å². The van der Waals surface area contributed by atoms with Gasteiger partial charge in [-0.2, -0.15) is 26.3 Å². The predicted molar refractivity (Wildman–Crippen MR) is 442 cm³/mol. The molecule has 0 saturated carbocycles. The second kappa shape index (κ2) is 43.1. The van der Waals surface area contributed by atoms with Crippen molar-refractivity contribution in [1.82, 2.24) is 39.5 Å². The molecule has 4 heterocycles. The standard InChI is InChI=1S/C27H25FN2O2S.C22H21F3N2OS.C21H18F4N2OS.C20H18ClFN2OS/c1-20(31)26-19-33-27(29-26)17-30(15-21-7-11-24(28)12-8-21)16-22-9-13-25(14-10-22)32-18-23-5-3-2-4-6-23;1-15-6-8-17(9-7-15)11-27(13-21-26-20(14-29-21)16(2)28)12-18-4-3-5-19(10-18)22(23,24)25;1-14(28)19-13-29-20(26-19)12-27(10-15-5-7-18(22)8-6-15)11-16-3-2-4-17(9-16)21(23,24)25;1-14(25)19-13-26-20(23-19)12-24(10-15-2-6-17(21)7-3-15)11-16-4-8-18(22)9-5-16/h2-14,19H,15-18H2,1H3;3-10,14H,11-13H2,1-2H3;2-9,13H,10-12H2,1H3;2-9,13H,10-12H2,1H3. The molecule has 4 aromatic heterocycles. The van der Waals surface area contributed by atoms with Gasteiger partial charge < -0.3 is 4.74 Å². The number of hydrogen-bond acceptors (Lipinski definition) is 17. The maximum absolute atomic E-state index is 13.3. The third-order valence-corrected chi connectivity index (χ3v) is 21.4. The summed E-state index contributed by atoms with van der Waals surface area (Å²) in [4.78, 5) is 72.0. The third-order valence-electron chi connectivity index (χ3n) is 17.8. The molecule has 0 aliphatic carbocycles. The molecule has 0 aliphatic rings. The van der Waals surface area contributed by atoms with Crippen LogP contribution in [0.2, 0.25) is 5.02 Å². The quantitative estimate of drug-likeness (QED) is 0.0301. The van der Waals surface area contributed by atoms with Crippen molar-refractivity contribution in [2.75, 3.05) is 0 Å². The molecule has 0 radical (unpaired) electrons. The minimum atomic E-state index is -4.41. The van der Waals surface area contributed by atoms with Crippen molar-refractivity contribution in [3.8, 4) is 5.75 Å². The van der Waals surface area contributed by atoms with Crippen molar-refractivity contribution < 1.29 is 63.4 Å². The number of benzene rings is 9. The van der Waals surface area contributed by atoms with E-state index < -0.39 is 23.5 Å². The molecule has 13 rings (SSSR count). The van der Waals surface area contributed by atoms with E-state index in [9.17, 15) is 58.7 Å². The van der Waals surface area contributed by atoms with Gasteiger partial charge in [0.2, 0.25) is 0 Å². The summed E-state index contributed by atoms with van der Waals surface area (Å²) in [7, 11) is 0. The first-order valence-corrected chi connectivity index (χ1v) is 40.7. The van der Waals surface area contributed by atoms with Crippen LogP contribution in [0.4, 0.5) is 39.5 Å². The zero-order valence-corrected chi connectivity index (χ0v) is 68.4. The smallest absolute Gasteiger partial charge is 0.416 e. The molecule has 0 unspecified atom stereocenters. The predicted octanol–water partition coefficient (Wildman–Crippen LogP) is 23.2. The van der Waals surface area contributed by atoms with Crippen LogP contribution in [0.3, 0.4) is 0 Å². The lowest BCUT2D eigenvalue weighted by molar-refractivity contribution is -0.138. The summed E-state index contributed by atoms with van der Waals surface area (Å²) in [6.45, 7) is 14.7. The first kappa shape index (κ1) is 88.8. The highest BCUT2D eigenvalue weighted by atomic mass is 35.5. The second-order valence-corrected chi connectivity index (χ2v) is 31.8. The summed E-state index contributed by atoms with van der Waals surface area (Å²) in [6.07, 6.45) is -8.78. The van der Waals surface area contributed by atoms with Gasteiger partial charge >= 0.3 is 12.4 Å². The van der Waals surface area contributed by atoms with Crippen LogP contribution in [0.15, 0.2) is 246 Å². The Hall–Kier alpha value is -10.5. The van der Waals surface area contributed by atoms with Gasteiger partial charge in [0.15, 0.2) is 23.1 Å². The van der Waals surface area contributed by atoms with Gasteiger partial charge in [-0.3, -0.25) is 38.8 Å². The molecule has 0 atom stereocenters. The Labute approximate surface area is 694 Å². The van der Waals surface area contributed by atoms with Crippen LogP contribution in [0.1, 0.15) is 156 Å². The fourth-order valence-corrected chi connectivity index (χ4v) is 15.5. The number of alkyl halides is 6. The molecule has 0 saturated heterocycles. The zero-order valence-electron chi connectivity index (χ0n) is 64.4. The molecular formula is C90H82ClF9N8O5S4. The molecule has 0 amide bonds. The molecular weight excluding hydrogens is 1610 g/mol. The normalized spacial score (nSPS) is 11.4. The molecule has 0 N–H and O–H groups in total. The number of ether oxygens (including phenoxy) is 1. The number of thiazole rings is 4. The third kappa shape index (κ3) is 29.9. The number of aryl methyl sites for hydroxylation is 1. The molecule has 13 nitrogen and oxygen atoms in total. The topological polar surface area (TPSA) is 142 Å². The van der Waals surface area contributed by atoms with Crippen molar-refractivity contribution in [3.63, 3.8) is 0 Å². The molecule has 9 aromatic carbocycles. The van der Waals surface area contributed by atoms with E-state index in [1.165, 1.54) is 128 Å². The lowest BCUT2D eigenvalue weighted by Gasteiger charge is -2.22. The fraction of sp³-hybridized carbons (Fsp3) is 0.222. The maximum Gasteiger partial charge on any atom is 0.416 e. The zero-order chi connectivity index (χ0) is 83.6. The molecule has 606 valence electrons. The minimum Gasteiger partial charge on any atom is -0.489 e. The number of carbonyl (C=O) groups excluding carboxylic acids is 4. The Morgan fingerprint density at radius 2 is 0.598 bits per heavy atom. The minimum absolute atomic E-state index is 0.0321. The van der Waals surface area contributed by atoms with Crippen LogP contribution in [0.5, 0.6) is 5.75 Å². The van der Waals surface area contributed by atoms with Crippen molar-refractivity contribution >= 4 is 80.1 Å². The average molecular weight is 1690 g/mol. The van der Waals surface area contributed by atoms with E-state index in [2.05, 4.69) is 41.9 Å². The number of ketones is 4. The van der Waals surface area contributed by atoms with Gasteiger partial charge in [0.25, 0.3) is 0 Å². The Kier molecular flexibility index (Phi) is 32.7. The molecule has 0 fully saturated rings. The van der Waals surface area contributed by atoms with Crippen LogP contribution in [0, 0.1) is 24.4 Å². The van der Waals surface area contributed by atoms with E-state index in [4.69, 9.17) is 16.3 Å². The molecule has 117 heavy (non-hydrogen) atoms. The van der Waals surface area contributed by atoms with E-state index in [-0.39, 0.29) is 47.1 Å². The van der Waals surface area contributed by atoms with Crippen LogP contribution in [-0.2, 0) is 97.5 Å². The Morgan fingerprint density at radius 3 is 0.880 bits per heavy atom. The lowest BCUT2D eigenvalue weighted by Crippen LogP contribution is -2.22. The Balaban J connectivity index is 0.000000165. The Morgan fingerprint density at radius 1 is 0.333 bits per heavy atom. The fourth-order valence-electron chi connectivity index (χ4n) is 11.9. The molecule has 0 aliphatic heterocycles. The van der Waals surface area contributed by atoms with Crippen LogP contribution < -0.4 is 4.74 Å². The number of carbonyl (C=O) groups is 4. The number of aromatic nitrogens is 4. The van der Waals surface area contributed by atoms with E-state index >= 15 is 0 Å². The van der Waals surface area contributed by atoms with Gasteiger partial charge in [-0.15, -0.1) is 45.3 Å². The first-order chi connectivity index (χ1) is 55.9. The van der Waals surface area contributed by atoms with Gasteiger partial charge in [0.05, 0.1) is 37.3 Å². The molecule has 27 heteroatoms. The summed E-state index contributed by atoms with van der Waals surface area (Å²) in [5.41, 5.74) is 9.94. The van der Waals surface area contributed by atoms with Crippen molar-refractivity contribution in [3.05, 3.63) is 378 Å². The summed E-state index contributed by atoms with van der Waals surface area (Å²) in [5.74, 6) is -0.343. The second-order valence-electron chi connectivity index (χ2n) is 27.6. The van der Waals surface area contributed by atoms with Gasteiger partial charge in [-0.1, -0.05) is 169 Å². The van der Waals surface area contributed by atoms with Gasteiger partial charge in [-0.05, 0) is 130 Å². The van der Waals surface area contributed by atoms with E-state index in [0.717, 1.165) is 83.5 Å². The number of rotatable bonds is 31. The summed E-state index contributed by atoms with van der Waals surface area (Å²) < 4.78 is 124. The van der Waals surface area contributed by atoms with Crippen molar-refractivity contribution in [2.45, 2.75) is 132 Å². The SMILES string of the molecule is CC(=O)c1csc(CN(Cc2ccc(C)cc2)Cc2cccc(C(F)(F)F)c2)n1.CC(=O)c1csc(CN(Cc2ccc(F)cc2)Cc2ccc(Cl)cc2)n1.CC(=O)c1csc(CN(Cc2ccc(F)cc2)Cc2ccc(OCc3ccccc3)cc2)n1.CC(=O)c1csc(CN(Cc2ccc(F)cc2)Cc2cccc(C(F)(F)F)c2)n1. The number of Topliss-reactive ketones (excluding diaryl/α,β-unsaturated/α-hetero) is 4. The highest BCUT2D eigenvalue weighted by Gasteiger charge is 2.32. The number of nitrogens with zero attached hydrogens (tertiary/aromatic N) is 8. The van der Waals surface area contributed by atoms with Gasteiger partial charge in [0.1, 0.15) is 72.6 Å². The molecule has 0 bridgehead atoms. The van der Waals surface area contributed by atoms with E-state index in [1.807, 2.05) is 108 Å². The average Bonchev–Trinajstić information content (AvgIpc) is 1.71. The number of hydrogen-bond donors (Lipinski definition) is 0. The molecule has 13 aromatic rings. The molecule has 0 spiro atoms. The summed E-state index contributed by atoms with van der Waals surface area (Å²) in [6, 6.07) is 63.5. The lowest BCUT2D eigenvalue weighted by atomic mass is 10.1. The van der Waals surface area contributed by atoms with Crippen molar-refractivity contribution in [1.29, 1.82) is 0 Å². The van der Waals surface area contributed by atoms with E-state index in [0.29, 0.717) is 123 Å². The van der Waals surface area contributed by atoms with Crippen molar-refractivity contribution in [2.24, 2.45) is 0 Å². The van der Waals surface area contributed by atoms with Gasteiger partial charge in [-0.25, -0.2) is 33.1 Å². The first-order valence-electron chi connectivity index (χ1n) is 36.8. The summed E-state index contributed by atoms with van der Waals surface area (Å²) in [5, 5.41) is 10.9. The van der Waals surface area contributed by atoms with Crippen LogP contribution in [-0.4, -0.2) is 62.7 Å². The van der Waals surface area contributed by atoms with Gasteiger partial charge in [0, 0.05) is 107 Å². The number of halogens is 10. The Bertz CT molecular complexity index is 5130.